The molecule has 4 aliphatic rings. The molecule has 2 aromatic carbocycles. The highest BCUT2D eigenvalue weighted by molar-refractivity contribution is 6.34. The molecule has 39 heavy (non-hydrogen) atoms. The Labute approximate surface area is 232 Å². The number of hydrogen-bond donors (Lipinski definition) is 1. The topological polar surface area (TPSA) is 90.4 Å². The van der Waals surface area contributed by atoms with Crippen molar-refractivity contribution in [3.05, 3.63) is 89.5 Å². The number of amides is 3. The number of benzene rings is 2. The van der Waals surface area contributed by atoms with Gasteiger partial charge in [-0.15, -0.1) is 0 Å². The molecule has 4 aliphatic heterocycles. The predicted octanol–water partition coefficient (Wildman–Crippen LogP) is 2.98. The molecule has 8 nitrogen and oxygen atoms in total. The first kappa shape index (κ1) is 25.8. The minimum atomic E-state index is -1.43. The van der Waals surface area contributed by atoms with Crippen LogP contribution in [0.15, 0.2) is 78.9 Å². The molecule has 2 saturated heterocycles. The maximum Gasteiger partial charge on any atom is 0.253 e. The normalized spacial score (nSPS) is 32.6. The van der Waals surface area contributed by atoms with Gasteiger partial charge in [0.05, 0.1) is 40.8 Å². The molecule has 2 fully saturated rings. The number of ether oxygens (including phenoxy) is 1. The van der Waals surface area contributed by atoms with Crippen LogP contribution >= 0.6 is 11.6 Å². The molecule has 1 unspecified atom stereocenters. The first-order valence-electron chi connectivity index (χ1n) is 13.1. The van der Waals surface area contributed by atoms with Crippen molar-refractivity contribution in [2.24, 2.45) is 11.8 Å². The molecule has 9 heteroatoms. The third-order valence-electron chi connectivity index (χ3n) is 8.53. The van der Waals surface area contributed by atoms with Crippen LogP contribution < -0.4 is 4.90 Å². The Morgan fingerprint density at radius 3 is 2.36 bits per heavy atom. The predicted molar refractivity (Wildman–Crippen MR) is 146 cm³/mol. The van der Waals surface area contributed by atoms with Crippen molar-refractivity contribution < 1.29 is 24.2 Å². The number of carbonyl (C=O) groups is 3. The molecule has 0 radical (unpaired) electrons. The van der Waals surface area contributed by atoms with Gasteiger partial charge in [0, 0.05) is 20.1 Å². The zero-order valence-corrected chi connectivity index (χ0v) is 22.5. The van der Waals surface area contributed by atoms with E-state index in [1.807, 2.05) is 55.5 Å². The molecular formula is C30H30ClN3O5. The molecule has 6 rings (SSSR count). The van der Waals surface area contributed by atoms with Crippen molar-refractivity contribution >= 4 is 35.0 Å². The standard InChI is InChI=1S/C30H30ClN3O5/c1-29-14-8-16-32(2)26(36)23(29)24-27(37)34(22(18-35)19-10-4-3-5-11-19)25-28(38)33(17-9-15-30(24,25)39-29)21-13-7-6-12-20(21)31/h3-15,22-25,35H,16-18H2,1-2H3/t22-,23+,24+,25?,29-,30+/m1/s1. The Morgan fingerprint density at radius 1 is 0.949 bits per heavy atom. The van der Waals surface area contributed by atoms with Gasteiger partial charge in [-0.2, -0.15) is 0 Å². The van der Waals surface area contributed by atoms with E-state index in [1.165, 1.54) is 4.90 Å². The molecule has 6 atom stereocenters. The summed E-state index contributed by atoms with van der Waals surface area (Å²) in [6.45, 7) is 2.00. The van der Waals surface area contributed by atoms with Crippen LogP contribution in [0.3, 0.4) is 0 Å². The van der Waals surface area contributed by atoms with E-state index in [2.05, 4.69) is 0 Å². The second kappa shape index (κ2) is 9.33. The Morgan fingerprint density at radius 2 is 1.64 bits per heavy atom. The van der Waals surface area contributed by atoms with E-state index in [1.54, 1.807) is 47.2 Å². The number of fused-ring (bicyclic) bond motifs is 2. The molecule has 3 amide bonds. The number of likely N-dealkylation sites (N-methyl/N-ethyl adjacent to an activating group) is 1. The quantitative estimate of drug-likeness (QED) is 0.594. The highest BCUT2D eigenvalue weighted by Gasteiger charge is 2.75. The first-order valence-corrected chi connectivity index (χ1v) is 13.5. The molecule has 0 bridgehead atoms. The highest BCUT2D eigenvalue weighted by atomic mass is 35.5. The number of carbonyl (C=O) groups excluding carboxylic acids is 3. The molecule has 4 heterocycles. The van der Waals surface area contributed by atoms with Gasteiger partial charge in [-0.1, -0.05) is 78.4 Å². The van der Waals surface area contributed by atoms with Crippen molar-refractivity contribution in [2.75, 3.05) is 31.6 Å². The largest absolute Gasteiger partial charge is 0.394 e. The molecule has 0 aromatic heterocycles. The van der Waals surface area contributed by atoms with Crippen molar-refractivity contribution in [1.29, 1.82) is 0 Å². The summed E-state index contributed by atoms with van der Waals surface area (Å²) in [6.07, 6.45) is 7.31. The van der Waals surface area contributed by atoms with Gasteiger partial charge < -0.3 is 24.5 Å². The summed E-state index contributed by atoms with van der Waals surface area (Å²) in [5.41, 5.74) is -1.33. The number of rotatable bonds is 4. The van der Waals surface area contributed by atoms with E-state index in [4.69, 9.17) is 16.3 Å². The van der Waals surface area contributed by atoms with Crippen LogP contribution in [0.25, 0.3) is 0 Å². The lowest BCUT2D eigenvalue weighted by atomic mass is 9.74. The number of anilines is 1. The van der Waals surface area contributed by atoms with Crippen molar-refractivity contribution in [2.45, 2.75) is 30.2 Å². The molecule has 1 N–H and O–H groups in total. The van der Waals surface area contributed by atoms with Gasteiger partial charge in [-0.3, -0.25) is 14.4 Å². The molecule has 1 spiro atoms. The van der Waals surface area contributed by atoms with E-state index < -0.39 is 47.6 Å². The minimum absolute atomic E-state index is 0.207. The zero-order valence-electron chi connectivity index (χ0n) is 21.7. The number of hydrogen-bond acceptors (Lipinski definition) is 5. The Balaban J connectivity index is 1.56. The van der Waals surface area contributed by atoms with Crippen LogP contribution in [0, 0.1) is 11.8 Å². The van der Waals surface area contributed by atoms with Crippen LogP contribution in [0.1, 0.15) is 18.5 Å². The molecule has 202 valence electrons. The van der Waals surface area contributed by atoms with Crippen molar-refractivity contribution in [1.82, 2.24) is 9.80 Å². The second-order valence-corrected chi connectivity index (χ2v) is 11.2. The van der Waals surface area contributed by atoms with Crippen LogP contribution in [0.2, 0.25) is 5.02 Å². The zero-order chi connectivity index (χ0) is 27.5. The summed E-state index contributed by atoms with van der Waals surface area (Å²) in [5, 5.41) is 11.0. The van der Waals surface area contributed by atoms with Crippen molar-refractivity contribution in [3.8, 4) is 0 Å². The maximum atomic E-state index is 14.6. The number of para-hydroxylation sites is 1. The first-order chi connectivity index (χ1) is 18.7. The number of nitrogens with zero attached hydrogens (tertiary/aromatic N) is 3. The summed E-state index contributed by atoms with van der Waals surface area (Å²) in [5.74, 6) is -2.81. The van der Waals surface area contributed by atoms with Crippen LogP contribution in [-0.4, -0.2) is 76.6 Å². The lowest BCUT2D eigenvalue weighted by Gasteiger charge is -2.40. The summed E-state index contributed by atoms with van der Waals surface area (Å²) < 4.78 is 6.82. The van der Waals surface area contributed by atoms with Gasteiger partial charge in [-0.25, -0.2) is 0 Å². The molecule has 2 aromatic rings. The molecule has 0 aliphatic carbocycles. The fourth-order valence-electron chi connectivity index (χ4n) is 6.83. The lowest BCUT2D eigenvalue weighted by Crippen LogP contribution is -2.57. The van der Waals surface area contributed by atoms with E-state index in [-0.39, 0.29) is 18.4 Å². The van der Waals surface area contributed by atoms with Crippen molar-refractivity contribution in [3.63, 3.8) is 0 Å². The number of aliphatic hydroxyl groups excluding tert-OH is 1. The monoisotopic (exact) mass is 547 g/mol. The number of halogens is 1. The van der Waals surface area contributed by atoms with Gasteiger partial charge in [0.25, 0.3) is 5.91 Å². The average Bonchev–Trinajstić information content (AvgIpc) is 3.20. The van der Waals surface area contributed by atoms with E-state index in [0.717, 1.165) is 0 Å². The van der Waals surface area contributed by atoms with E-state index in [9.17, 15) is 19.5 Å². The Hall–Kier alpha value is -3.46. The van der Waals surface area contributed by atoms with Gasteiger partial charge in [-0.05, 0) is 24.6 Å². The lowest BCUT2D eigenvalue weighted by molar-refractivity contribution is -0.151. The Kier molecular flexibility index (Phi) is 6.17. The fraction of sp³-hybridized carbons (Fsp3) is 0.367. The third-order valence-corrected chi connectivity index (χ3v) is 8.85. The summed E-state index contributed by atoms with van der Waals surface area (Å²) >= 11 is 6.53. The van der Waals surface area contributed by atoms with Crippen LogP contribution in [0.4, 0.5) is 5.69 Å². The minimum Gasteiger partial charge on any atom is -0.394 e. The summed E-state index contributed by atoms with van der Waals surface area (Å²) in [7, 11) is 1.70. The Bertz CT molecular complexity index is 1400. The average molecular weight is 548 g/mol. The highest BCUT2D eigenvalue weighted by Crippen LogP contribution is 2.58. The third kappa shape index (κ3) is 3.69. The molecular weight excluding hydrogens is 518 g/mol. The maximum absolute atomic E-state index is 14.6. The smallest absolute Gasteiger partial charge is 0.253 e. The fourth-order valence-corrected chi connectivity index (χ4v) is 7.07. The summed E-state index contributed by atoms with van der Waals surface area (Å²) in [4.78, 5) is 47.5. The van der Waals surface area contributed by atoms with Gasteiger partial charge in [0.1, 0.15) is 11.6 Å². The van der Waals surface area contributed by atoms with Crippen LogP contribution in [-0.2, 0) is 19.1 Å². The van der Waals surface area contributed by atoms with Crippen LogP contribution in [0.5, 0.6) is 0 Å². The van der Waals surface area contributed by atoms with Gasteiger partial charge >= 0.3 is 0 Å². The second-order valence-electron chi connectivity index (χ2n) is 10.8. The summed E-state index contributed by atoms with van der Waals surface area (Å²) in [6, 6.07) is 14.2. The number of likely N-dealkylation sites (tertiary alicyclic amines) is 1. The number of aliphatic hydroxyl groups is 1. The van der Waals surface area contributed by atoms with E-state index >= 15 is 0 Å². The van der Waals surface area contributed by atoms with E-state index in [0.29, 0.717) is 22.8 Å². The van der Waals surface area contributed by atoms with Gasteiger partial charge in [0.15, 0.2) is 0 Å². The van der Waals surface area contributed by atoms with Gasteiger partial charge in [0.2, 0.25) is 11.8 Å². The molecule has 0 saturated carbocycles. The SMILES string of the molecule is CN1CC=C[C@@]2(C)O[C@]34C=CCN(c5ccccc5Cl)C(=O)C3N([C@H](CO)c3ccccc3)C(=O)[C@@H]4[C@H]2C1=O.